The standard InChI is InChI=1S/C28H26FNO5/c1-17-27-20(14-22-26(31)25(35-28(17)22)13-18-4-7-21(29)8-5-18)15-30(16-34-27)11-10-19-6-9-23(32-2)24(12-19)33-3/h4-9,12-14H,10-11,15-16H2,1-3H3/b25-13-. The molecular formula is C28H26FNO5. The SMILES string of the molecule is COc1ccc(CCN2COc3c(cc4c(c3C)O/C(=C\c3ccc(F)cc3)C4=O)C2)cc1OC. The number of fused-ring (bicyclic) bond motifs is 2. The summed E-state index contributed by atoms with van der Waals surface area (Å²) >= 11 is 0. The van der Waals surface area contributed by atoms with E-state index in [1.54, 1.807) is 32.4 Å². The topological polar surface area (TPSA) is 57.2 Å². The number of carbonyl (C=O) groups excluding carboxylic acids is 1. The average Bonchev–Trinajstić information content (AvgIpc) is 3.19. The predicted octanol–water partition coefficient (Wildman–Crippen LogP) is 5.16. The zero-order valence-electron chi connectivity index (χ0n) is 19.9. The molecule has 0 saturated carbocycles. The molecule has 0 radical (unpaired) electrons. The number of halogens is 1. The lowest BCUT2D eigenvalue weighted by molar-refractivity contribution is 0.0953. The number of hydrogen-bond donors (Lipinski definition) is 0. The van der Waals surface area contributed by atoms with Gasteiger partial charge in [-0.2, -0.15) is 0 Å². The predicted molar refractivity (Wildman–Crippen MR) is 130 cm³/mol. The van der Waals surface area contributed by atoms with Gasteiger partial charge in [0.25, 0.3) is 0 Å². The van der Waals surface area contributed by atoms with Crippen LogP contribution in [0.3, 0.4) is 0 Å². The molecule has 0 spiro atoms. The lowest BCUT2D eigenvalue weighted by Gasteiger charge is -2.30. The van der Waals surface area contributed by atoms with Gasteiger partial charge in [0.1, 0.15) is 24.0 Å². The van der Waals surface area contributed by atoms with Gasteiger partial charge in [0, 0.05) is 24.2 Å². The van der Waals surface area contributed by atoms with E-state index in [4.69, 9.17) is 18.9 Å². The Morgan fingerprint density at radius 3 is 2.54 bits per heavy atom. The van der Waals surface area contributed by atoms with Crippen molar-refractivity contribution >= 4 is 11.9 Å². The van der Waals surface area contributed by atoms with Crippen molar-refractivity contribution < 1.29 is 28.1 Å². The molecule has 35 heavy (non-hydrogen) atoms. The smallest absolute Gasteiger partial charge is 0.231 e. The first-order valence-electron chi connectivity index (χ1n) is 11.4. The molecule has 0 aliphatic carbocycles. The quantitative estimate of drug-likeness (QED) is 0.459. The molecule has 0 fully saturated rings. The first kappa shape index (κ1) is 22.9. The van der Waals surface area contributed by atoms with Crippen molar-refractivity contribution in [1.29, 1.82) is 0 Å². The van der Waals surface area contributed by atoms with Crippen molar-refractivity contribution in [3.8, 4) is 23.0 Å². The Morgan fingerprint density at radius 1 is 1.03 bits per heavy atom. The Balaban J connectivity index is 1.32. The van der Waals surface area contributed by atoms with E-state index in [2.05, 4.69) is 4.90 Å². The third-order valence-corrected chi connectivity index (χ3v) is 6.33. The lowest BCUT2D eigenvalue weighted by atomic mass is 10.00. The summed E-state index contributed by atoms with van der Waals surface area (Å²) in [5.41, 5.74) is 4.13. The molecule has 180 valence electrons. The van der Waals surface area contributed by atoms with Crippen LogP contribution in [0.15, 0.2) is 54.3 Å². The molecule has 0 saturated heterocycles. The third kappa shape index (κ3) is 4.47. The zero-order valence-corrected chi connectivity index (χ0v) is 19.9. The summed E-state index contributed by atoms with van der Waals surface area (Å²) in [7, 11) is 3.25. The normalized spacial score (nSPS) is 15.9. The molecule has 0 unspecified atom stereocenters. The summed E-state index contributed by atoms with van der Waals surface area (Å²) in [4.78, 5) is 15.3. The largest absolute Gasteiger partial charge is 0.493 e. The van der Waals surface area contributed by atoms with Crippen LogP contribution in [0.4, 0.5) is 4.39 Å². The van der Waals surface area contributed by atoms with Crippen molar-refractivity contribution in [3.63, 3.8) is 0 Å². The van der Waals surface area contributed by atoms with Crippen LogP contribution < -0.4 is 18.9 Å². The number of methoxy groups -OCH3 is 2. The molecule has 3 aromatic carbocycles. The molecule has 0 atom stereocenters. The summed E-state index contributed by atoms with van der Waals surface area (Å²) in [6.07, 6.45) is 2.45. The molecule has 0 aromatic heterocycles. The second-order valence-electron chi connectivity index (χ2n) is 8.62. The highest BCUT2D eigenvalue weighted by Gasteiger charge is 2.33. The zero-order chi connectivity index (χ0) is 24.5. The maximum absolute atomic E-state index is 13.2. The molecule has 7 heteroatoms. The van der Waals surface area contributed by atoms with Gasteiger partial charge in [0.05, 0.1) is 19.8 Å². The molecule has 0 bridgehead atoms. The summed E-state index contributed by atoms with van der Waals surface area (Å²) in [6, 6.07) is 13.7. The highest BCUT2D eigenvalue weighted by molar-refractivity contribution is 6.15. The van der Waals surface area contributed by atoms with Crippen LogP contribution in [-0.2, 0) is 13.0 Å². The van der Waals surface area contributed by atoms with Gasteiger partial charge >= 0.3 is 0 Å². The second kappa shape index (κ2) is 9.43. The van der Waals surface area contributed by atoms with Crippen LogP contribution in [0.1, 0.15) is 32.6 Å². The minimum absolute atomic E-state index is 0.183. The Bertz CT molecular complexity index is 1320. The number of Topliss-reactive ketones (excluding diaryl/α,β-unsaturated/α-hetero) is 1. The third-order valence-electron chi connectivity index (χ3n) is 6.33. The minimum Gasteiger partial charge on any atom is -0.493 e. The van der Waals surface area contributed by atoms with Gasteiger partial charge in [-0.3, -0.25) is 9.69 Å². The highest BCUT2D eigenvalue weighted by Crippen LogP contribution is 2.43. The Kier molecular flexibility index (Phi) is 6.17. The summed E-state index contributed by atoms with van der Waals surface area (Å²) in [5.74, 6) is 2.42. The number of ether oxygens (including phenoxy) is 4. The molecule has 2 aliphatic rings. The minimum atomic E-state index is -0.328. The van der Waals surface area contributed by atoms with Crippen LogP contribution in [0.5, 0.6) is 23.0 Å². The molecule has 3 aromatic rings. The first-order chi connectivity index (χ1) is 17.0. The van der Waals surface area contributed by atoms with Crippen molar-refractivity contribution in [3.05, 3.63) is 87.9 Å². The second-order valence-corrected chi connectivity index (χ2v) is 8.62. The van der Waals surface area contributed by atoms with Crippen LogP contribution in [0.25, 0.3) is 6.08 Å². The molecule has 0 N–H and O–H groups in total. The van der Waals surface area contributed by atoms with Crippen LogP contribution in [0.2, 0.25) is 0 Å². The number of hydrogen-bond acceptors (Lipinski definition) is 6. The Labute approximate surface area is 203 Å². The van der Waals surface area contributed by atoms with Crippen LogP contribution >= 0.6 is 0 Å². The number of nitrogens with zero attached hydrogens (tertiary/aromatic N) is 1. The van der Waals surface area contributed by atoms with E-state index < -0.39 is 0 Å². The Hall–Kier alpha value is -3.84. The van der Waals surface area contributed by atoms with E-state index in [0.717, 1.165) is 35.4 Å². The van der Waals surface area contributed by atoms with Gasteiger partial charge in [-0.15, -0.1) is 0 Å². The maximum atomic E-state index is 13.2. The first-order valence-corrected chi connectivity index (χ1v) is 11.4. The van der Waals surface area contributed by atoms with Crippen LogP contribution in [0, 0.1) is 12.7 Å². The number of allylic oxidation sites excluding steroid dienone is 1. The number of benzene rings is 3. The molecule has 0 amide bonds. The van der Waals surface area contributed by atoms with Gasteiger partial charge in [0.15, 0.2) is 17.3 Å². The number of ketones is 1. The van der Waals surface area contributed by atoms with E-state index in [9.17, 15) is 9.18 Å². The highest BCUT2D eigenvalue weighted by atomic mass is 19.1. The van der Waals surface area contributed by atoms with E-state index in [1.807, 2.05) is 31.2 Å². The van der Waals surface area contributed by atoms with Gasteiger partial charge in [-0.1, -0.05) is 18.2 Å². The monoisotopic (exact) mass is 475 g/mol. The maximum Gasteiger partial charge on any atom is 0.231 e. The van der Waals surface area contributed by atoms with Crippen molar-refractivity contribution in [2.45, 2.75) is 19.9 Å². The van der Waals surface area contributed by atoms with Gasteiger partial charge in [-0.05, 0) is 60.9 Å². The number of carbonyl (C=O) groups is 1. The molecule has 6 nitrogen and oxygen atoms in total. The lowest BCUT2D eigenvalue weighted by Crippen LogP contribution is -2.34. The summed E-state index contributed by atoms with van der Waals surface area (Å²) in [6.45, 7) is 3.81. The molecule has 5 rings (SSSR count). The number of rotatable bonds is 6. The fraction of sp³-hybridized carbons (Fsp3) is 0.250. The van der Waals surface area contributed by atoms with Crippen molar-refractivity contribution in [1.82, 2.24) is 4.90 Å². The molecular weight excluding hydrogens is 449 g/mol. The van der Waals surface area contributed by atoms with E-state index in [1.165, 1.54) is 12.1 Å². The van der Waals surface area contributed by atoms with E-state index >= 15 is 0 Å². The summed E-state index contributed by atoms with van der Waals surface area (Å²) < 4.78 is 36.0. The molecule has 2 heterocycles. The summed E-state index contributed by atoms with van der Waals surface area (Å²) in [5, 5.41) is 0. The van der Waals surface area contributed by atoms with Crippen molar-refractivity contribution in [2.75, 3.05) is 27.5 Å². The van der Waals surface area contributed by atoms with Gasteiger partial charge < -0.3 is 18.9 Å². The van der Waals surface area contributed by atoms with Gasteiger partial charge in [0.2, 0.25) is 5.78 Å². The van der Waals surface area contributed by atoms with Gasteiger partial charge in [-0.25, -0.2) is 4.39 Å². The molecule has 2 aliphatic heterocycles. The van der Waals surface area contributed by atoms with E-state index in [0.29, 0.717) is 41.7 Å². The van der Waals surface area contributed by atoms with Crippen LogP contribution in [-0.4, -0.2) is 38.2 Å². The van der Waals surface area contributed by atoms with Crippen molar-refractivity contribution in [2.24, 2.45) is 0 Å². The fourth-order valence-corrected chi connectivity index (χ4v) is 4.47. The average molecular weight is 476 g/mol. The van der Waals surface area contributed by atoms with E-state index in [-0.39, 0.29) is 17.4 Å². The fourth-order valence-electron chi connectivity index (χ4n) is 4.47. The Morgan fingerprint density at radius 2 is 1.80 bits per heavy atom.